The topological polar surface area (TPSA) is 69.3 Å². The Hall–Kier alpha value is -2.61. The Morgan fingerprint density at radius 2 is 1.59 bits per heavy atom. The minimum Gasteiger partial charge on any atom is -0.454 e. The van der Waals surface area contributed by atoms with Crippen LogP contribution in [0.2, 0.25) is 0 Å². The molecular weight excluding hydrogens is 408 g/mol. The van der Waals surface area contributed by atoms with Gasteiger partial charge in [-0.15, -0.1) is 0 Å². The summed E-state index contributed by atoms with van der Waals surface area (Å²) >= 11 is 0. The first-order valence-electron chi connectivity index (χ1n) is 11.4. The van der Waals surface area contributed by atoms with Crippen molar-refractivity contribution in [2.45, 2.75) is 44.4 Å². The molecule has 2 aromatic rings. The second-order valence-corrected chi connectivity index (χ2v) is 8.92. The van der Waals surface area contributed by atoms with Gasteiger partial charge in [-0.25, -0.2) is 0 Å². The van der Waals surface area contributed by atoms with Crippen molar-refractivity contribution >= 4 is 11.6 Å². The lowest BCUT2D eigenvalue weighted by Gasteiger charge is -2.40. The average molecular weight is 439 g/mol. The molecule has 2 aromatic carbocycles. The van der Waals surface area contributed by atoms with E-state index in [1.165, 1.54) is 5.56 Å². The standard InChI is InChI=1S/C25H30N2O5/c1-17(2)18-3-6-20(7-4-18)26-24(28)23(19-5-8-21-22(15-19)30-16-29-21)27-11-9-25(10-12-27)31-13-14-32-25/h3-8,15,17,23H,9-14,16H2,1-2H3,(H,26,28)/t23-/m0/s1. The maximum atomic E-state index is 13.6. The van der Waals surface area contributed by atoms with Crippen molar-refractivity contribution < 1.29 is 23.7 Å². The molecule has 0 saturated carbocycles. The van der Waals surface area contributed by atoms with Gasteiger partial charge in [-0.2, -0.15) is 0 Å². The number of fused-ring (bicyclic) bond motifs is 1. The molecule has 2 saturated heterocycles. The van der Waals surface area contributed by atoms with Crippen LogP contribution in [0.5, 0.6) is 11.5 Å². The molecule has 2 fully saturated rings. The summed E-state index contributed by atoms with van der Waals surface area (Å²) in [6, 6.07) is 13.4. The summed E-state index contributed by atoms with van der Waals surface area (Å²) < 4.78 is 22.8. The molecule has 0 bridgehead atoms. The van der Waals surface area contributed by atoms with Gasteiger partial charge in [0.15, 0.2) is 17.3 Å². The van der Waals surface area contributed by atoms with Gasteiger partial charge in [-0.05, 0) is 41.3 Å². The SMILES string of the molecule is CC(C)c1ccc(NC(=O)[C@H](c2ccc3c(c2)OCO3)N2CCC3(CC2)OCCO3)cc1. The molecule has 3 aliphatic heterocycles. The molecule has 7 heteroatoms. The van der Waals surface area contributed by atoms with Crippen molar-refractivity contribution in [1.29, 1.82) is 0 Å². The van der Waals surface area contributed by atoms with Gasteiger partial charge in [0, 0.05) is 31.6 Å². The number of hydrogen-bond acceptors (Lipinski definition) is 6. The molecule has 3 heterocycles. The van der Waals surface area contributed by atoms with Crippen molar-refractivity contribution in [3.63, 3.8) is 0 Å². The highest BCUT2D eigenvalue weighted by atomic mass is 16.7. The number of benzene rings is 2. The molecule has 7 nitrogen and oxygen atoms in total. The first-order valence-corrected chi connectivity index (χ1v) is 11.4. The predicted octanol–water partition coefficient (Wildman–Crippen LogP) is 4.06. The van der Waals surface area contributed by atoms with Gasteiger partial charge < -0.3 is 24.3 Å². The smallest absolute Gasteiger partial charge is 0.246 e. The van der Waals surface area contributed by atoms with Crippen LogP contribution in [0.15, 0.2) is 42.5 Å². The van der Waals surface area contributed by atoms with Crippen LogP contribution in [0.25, 0.3) is 0 Å². The van der Waals surface area contributed by atoms with E-state index in [0.29, 0.717) is 43.7 Å². The van der Waals surface area contributed by atoms with Gasteiger partial charge in [-0.1, -0.05) is 32.0 Å². The molecule has 1 spiro atoms. The molecule has 170 valence electrons. The molecule has 1 atom stereocenters. The summed E-state index contributed by atoms with van der Waals surface area (Å²) in [5, 5.41) is 3.12. The summed E-state index contributed by atoms with van der Waals surface area (Å²) in [5.74, 6) is 1.28. The number of ether oxygens (including phenoxy) is 4. The Bertz CT molecular complexity index is 959. The van der Waals surface area contributed by atoms with Crippen molar-refractivity contribution in [3.05, 3.63) is 53.6 Å². The maximum absolute atomic E-state index is 13.6. The quantitative estimate of drug-likeness (QED) is 0.759. The molecule has 1 N–H and O–H groups in total. The number of carbonyl (C=O) groups excluding carboxylic acids is 1. The molecule has 0 aromatic heterocycles. The minimum absolute atomic E-state index is 0.0645. The van der Waals surface area contributed by atoms with Crippen LogP contribution in [0, 0.1) is 0 Å². The summed E-state index contributed by atoms with van der Waals surface area (Å²) in [7, 11) is 0. The van der Waals surface area contributed by atoms with Gasteiger partial charge in [0.25, 0.3) is 0 Å². The van der Waals surface area contributed by atoms with E-state index in [4.69, 9.17) is 18.9 Å². The van der Waals surface area contributed by atoms with E-state index in [1.807, 2.05) is 30.3 Å². The summed E-state index contributed by atoms with van der Waals surface area (Å²) in [4.78, 5) is 15.8. The molecule has 0 aliphatic carbocycles. The van der Waals surface area contributed by atoms with Crippen molar-refractivity contribution in [2.24, 2.45) is 0 Å². The Balaban J connectivity index is 1.38. The van der Waals surface area contributed by atoms with E-state index in [-0.39, 0.29) is 12.7 Å². The van der Waals surface area contributed by atoms with Gasteiger partial charge in [0.05, 0.1) is 13.2 Å². The van der Waals surface area contributed by atoms with Crippen molar-refractivity contribution in [1.82, 2.24) is 4.90 Å². The van der Waals surface area contributed by atoms with E-state index < -0.39 is 11.8 Å². The Morgan fingerprint density at radius 1 is 0.938 bits per heavy atom. The highest BCUT2D eigenvalue weighted by Gasteiger charge is 2.42. The lowest BCUT2D eigenvalue weighted by Crippen LogP contribution is -2.48. The number of piperidine rings is 1. The van der Waals surface area contributed by atoms with Crippen LogP contribution in [0.1, 0.15) is 49.8 Å². The lowest BCUT2D eigenvalue weighted by atomic mass is 9.97. The molecule has 5 rings (SSSR count). The highest BCUT2D eigenvalue weighted by molar-refractivity contribution is 5.95. The van der Waals surface area contributed by atoms with E-state index in [9.17, 15) is 4.79 Å². The van der Waals surface area contributed by atoms with Crippen LogP contribution < -0.4 is 14.8 Å². The normalized spacial score (nSPS) is 20.6. The molecule has 3 aliphatic rings. The summed E-state index contributed by atoms with van der Waals surface area (Å²) in [6.45, 7) is 7.21. The fourth-order valence-corrected chi connectivity index (χ4v) is 4.68. The van der Waals surface area contributed by atoms with Crippen LogP contribution in [-0.2, 0) is 14.3 Å². The Kier molecular flexibility index (Phi) is 5.80. The number of nitrogens with one attached hydrogen (secondary N) is 1. The van der Waals surface area contributed by atoms with Crippen LogP contribution >= 0.6 is 0 Å². The molecule has 0 unspecified atom stereocenters. The lowest BCUT2D eigenvalue weighted by molar-refractivity contribution is -0.188. The number of carbonyl (C=O) groups is 1. The van der Waals surface area contributed by atoms with E-state index >= 15 is 0 Å². The highest BCUT2D eigenvalue weighted by Crippen LogP contribution is 2.39. The third-order valence-corrected chi connectivity index (χ3v) is 6.54. The average Bonchev–Trinajstić information content (AvgIpc) is 3.45. The molecule has 1 amide bonds. The second kappa shape index (κ2) is 8.73. The van der Waals surface area contributed by atoms with Gasteiger partial charge in [0.2, 0.25) is 12.7 Å². The fourth-order valence-electron chi connectivity index (χ4n) is 4.68. The predicted molar refractivity (Wildman–Crippen MR) is 120 cm³/mol. The van der Waals surface area contributed by atoms with Crippen LogP contribution in [0.3, 0.4) is 0 Å². The first kappa shape index (κ1) is 21.2. The van der Waals surface area contributed by atoms with Gasteiger partial charge in [-0.3, -0.25) is 9.69 Å². The number of nitrogens with zero attached hydrogens (tertiary/aromatic N) is 1. The van der Waals surface area contributed by atoms with Crippen LogP contribution in [0.4, 0.5) is 5.69 Å². The third kappa shape index (κ3) is 4.20. The monoisotopic (exact) mass is 438 g/mol. The second-order valence-electron chi connectivity index (χ2n) is 8.92. The van der Waals surface area contributed by atoms with E-state index in [2.05, 4.69) is 36.2 Å². The van der Waals surface area contributed by atoms with Gasteiger partial charge in [0.1, 0.15) is 6.04 Å². The summed E-state index contributed by atoms with van der Waals surface area (Å²) in [5.41, 5.74) is 2.92. The number of likely N-dealkylation sites (tertiary alicyclic amines) is 1. The fraction of sp³-hybridized carbons (Fsp3) is 0.480. The largest absolute Gasteiger partial charge is 0.454 e. The van der Waals surface area contributed by atoms with E-state index in [1.54, 1.807) is 0 Å². The van der Waals surface area contributed by atoms with Crippen molar-refractivity contribution in [3.8, 4) is 11.5 Å². The Labute approximate surface area is 188 Å². The number of anilines is 1. The molecular formula is C25H30N2O5. The minimum atomic E-state index is -0.487. The van der Waals surface area contributed by atoms with Crippen molar-refractivity contribution in [2.75, 3.05) is 38.4 Å². The molecule has 0 radical (unpaired) electrons. The third-order valence-electron chi connectivity index (χ3n) is 6.54. The van der Waals surface area contributed by atoms with Gasteiger partial charge >= 0.3 is 0 Å². The molecule has 32 heavy (non-hydrogen) atoms. The zero-order chi connectivity index (χ0) is 22.1. The maximum Gasteiger partial charge on any atom is 0.246 e. The zero-order valence-corrected chi connectivity index (χ0v) is 18.6. The number of amides is 1. The Morgan fingerprint density at radius 3 is 2.28 bits per heavy atom. The number of hydrogen-bond donors (Lipinski definition) is 1. The van der Waals surface area contributed by atoms with E-state index in [0.717, 1.165) is 24.1 Å². The van der Waals surface area contributed by atoms with Crippen LogP contribution in [-0.4, -0.2) is 49.7 Å². The number of rotatable bonds is 5. The summed E-state index contributed by atoms with van der Waals surface area (Å²) in [6.07, 6.45) is 1.48. The first-order chi connectivity index (χ1) is 15.5. The zero-order valence-electron chi connectivity index (χ0n) is 18.6.